The molecule has 4 rings (SSSR count). The molecule has 0 radical (unpaired) electrons. The number of hydrogen-bond acceptors (Lipinski definition) is 4. The Bertz CT molecular complexity index is 754. The van der Waals surface area contributed by atoms with Crippen LogP contribution < -0.4 is 10.1 Å². The molecule has 2 atom stereocenters. The smallest absolute Gasteiger partial charge is 0.246 e. The van der Waals surface area contributed by atoms with Crippen LogP contribution in [0.3, 0.4) is 0 Å². The summed E-state index contributed by atoms with van der Waals surface area (Å²) in [6, 6.07) is 12.3. The van der Waals surface area contributed by atoms with E-state index in [4.69, 9.17) is 14.2 Å². The number of rotatable bonds is 4. The van der Waals surface area contributed by atoms with Crippen LogP contribution in [0.25, 0.3) is 10.8 Å². The van der Waals surface area contributed by atoms with E-state index in [1.54, 1.807) is 0 Å². The summed E-state index contributed by atoms with van der Waals surface area (Å²) in [5.74, 6) is 0.809. The van der Waals surface area contributed by atoms with Crippen molar-refractivity contribution in [1.29, 1.82) is 0 Å². The molecule has 5 nitrogen and oxygen atoms in total. The second-order valence-corrected chi connectivity index (χ2v) is 6.61. The van der Waals surface area contributed by atoms with Gasteiger partial charge in [-0.2, -0.15) is 0 Å². The second kappa shape index (κ2) is 7.42. The predicted molar refractivity (Wildman–Crippen MR) is 94.7 cm³/mol. The molecule has 25 heavy (non-hydrogen) atoms. The molecule has 2 aromatic carbocycles. The summed E-state index contributed by atoms with van der Waals surface area (Å²) in [5.41, 5.74) is 1.05. The summed E-state index contributed by atoms with van der Waals surface area (Å²) in [6.45, 7) is 2.05. The normalized spacial score (nSPS) is 22.9. The molecule has 0 aliphatic carbocycles. The van der Waals surface area contributed by atoms with Gasteiger partial charge in [0.25, 0.3) is 0 Å². The van der Waals surface area contributed by atoms with Crippen molar-refractivity contribution in [1.82, 2.24) is 5.32 Å². The van der Waals surface area contributed by atoms with Gasteiger partial charge in [0, 0.05) is 17.6 Å². The Balaban J connectivity index is 1.50. The zero-order valence-electron chi connectivity index (χ0n) is 14.2. The van der Waals surface area contributed by atoms with E-state index in [1.165, 1.54) is 0 Å². The molecular weight excluding hydrogens is 318 g/mol. The highest BCUT2D eigenvalue weighted by Crippen LogP contribution is 2.37. The summed E-state index contributed by atoms with van der Waals surface area (Å²) in [5, 5.41) is 5.37. The van der Waals surface area contributed by atoms with Gasteiger partial charge in [-0.25, -0.2) is 0 Å². The molecule has 0 unspecified atom stereocenters. The number of carbonyl (C=O) groups is 1. The minimum absolute atomic E-state index is 0.0412. The average molecular weight is 341 g/mol. The summed E-state index contributed by atoms with van der Waals surface area (Å²) in [7, 11) is 0. The first kappa shape index (κ1) is 16.4. The Morgan fingerprint density at radius 2 is 2.08 bits per heavy atom. The number of nitrogens with one attached hydrogen (secondary N) is 1. The largest absolute Gasteiger partial charge is 0.493 e. The van der Waals surface area contributed by atoms with Gasteiger partial charge in [0.05, 0.1) is 25.4 Å². The molecule has 2 aliphatic rings. The van der Waals surface area contributed by atoms with Crippen molar-refractivity contribution in [3.05, 3.63) is 42.0 Å². The van der Waals surface area contributed by atoms with Crippen LogP contribution in [-0.2, 0) is 14.3 Å². The first-order chi connectivity index (χ1) is 12.3. The van der Waals surface area contributed by atoms with E-state index in [-0.39, 0.29) is 24.7 Å². The molecule has 2 heterocycles. The second-order valence-electron chi connectivity index (χ2n) is 6.61. The van der Waals surface area contributed by atoms with E-state index in [9.17, 15) is 4.79 Å². The van der Waals surface area contributed by atoms with E-state index in [1.807, 2.05) is 12.1 Å². The van der Waals surface area contributed by atoms with Gasteiger partial charge >= 0.3 is 0 Å². The van der Waals surface area contributed by atoms with Crippen LogP contribution in [0, 0.1) is 0 Å². The van der Waals surface area contributed by atoms with Crippen LogP contribution in [-0.4, -0.2) is 38.4 Å². The number of hydrogen-bond donors (Lipinski definition) is 1. The molecule has 0 spiro atoms. The molecule has 0 saturated carbocycles. The topological polar surface area (TPSA) is 56.8 Å². The van der Waals surface area contributed by atoms with Crippen LogP contribution in [0.5, 0.6) is 5.75 Å². The van der Waals surface area contributed by atoms with Gasteiger partial charge in [0.2, 0.25) is 5.91 Å². The fourth-order valence-electron chi connectivity index (χ4n) is 3.54. The Morgan fingerprint density at radius 1 is 1.16 bits per heavy atom. The van der Waals surface area contributed by atoms with Crippen molar-refractivity contribution in [3.8, 4) is 5.75 Å². The Morgan fingerprint density at radius 3 is 2.96 bits per heavy atom. The maximum absolute atomic E-state index is 12.3. The average Bonchev–Trinajstić information content (AvgIpc) is 3.08. The van der Waals surface area contributed by atoms with Crippen LogP contribution in [0.2, 0.25) is 0 Å². The fraction of sp³-hybridized carbons (Fsp3) is 0.450. The first-order valence-electron chi connectivity index (χ1n) is 8.94. The Labute approximate surface area is 147 Å². The molecule has 0 bridgehead atoms. The van der Waals surface area contributed by atoms with Crippen LogP contribution in [0.15, 0.2) is 36.4 Å². The lowest BCUT2D eigenvalue weighted by atomic mass is 9.98. The molecule has 1 N–H and O–H groups in total. The maximum atomic E-state index is 12.3. The molecule has 1 amide bonds. The van der Waals surface area contributed by atoms with Crippen molar-refractivity contribution in [2.45, 2.75) is 31.4 Å². The Hall–Kier alpha value is -2.11. The number of carbonyl (C=O) groups excluding carboxylic acids is 1. The highest BCUT2D eigenvalue weighted by molar-refractivity contribution is 5.90. The first-order valence-corrected chi connectivity index (χ1v) is 8.94. The van der Waals surface area contributed by atoms with Crippen molar-refractivity contribution >= 4 is 16.7 Å². The minimum Gasteiger partial charge on any atom is -0.493 e. The van der Waals surface area contributed by atoms with Crippen molar-refractivity contribution in [3.63, 3.8) is 0 Å². The van der Waals surface area contributed by atoms with Crippen LogP contribution >= 0.6 is 0 Å². The van der Waals surface area contributed by atoms with E-state index in [0.29, 0.717) is 19.8 Å². The third-order valence-electron chi connectivity index (χ3n) is 4.84. The summed E-state index contributed by atoms with van der Waals surface area (Å²) < 4.78 is 16.9. The van der Waals surface area contributed by atoms with E-state index >= 15 is 0 Å². The number of benzene rings is 2. The number of ether oxygens (including phenoxy) is 3. The maximum Gasteiger partial charge on any atom is 0.246 e. The molecule has 0 aromatic heterocycles. The van der Waals surface area contributed by atoms with Gasteiger partial charge in [-0.3, -0.25) is 4.79 Å². The standard InChI is InChI=1S/C20H23NO4/c22-19(13-25-15-9-11-23-12-15)21-18-6-3-10-24-20-16-5-2-1-4-14(16)7-8-17(18)20/h1-2,4-5,7-8,15,18H,3,6,9-13H2,(H,21,22)/t15-,18+/m0/s1. The summed E-state index contributed by atoms with van der Waals surface area (Å²) in [4.78, 5) is 12.3. The summed E-state index contributed by atoms with van der Waals surface area (Å²) >= 11 is 0. The van der Waals surface area contributed by atoms with Crippen molar-refractivity contribution in [2.24, 2.45) is 0 Å². The number of fused-ring (bicyclic) bond motifs is 3. The van der Waals surface area contributed by atoms with Gasteiger partial charge in [-0.05, 0) is 24.6 Å². The zero-order valence-corrected chi connectivity index (χ0v) is 14.2. The molecule has 1 saturated heterocycles. The fourth-order valence-corrected chi connectivity index (χ4v) is 3.54. The number of amides is 1. The van der Waals surface area contributed by atoms with Gasteiger partial charge < -0.3 is 19.5 Å². The van der Waals surface area contributed by atoms with Gasteiger partial charge in [-0.1, -0.05) is 36.4 Å². The summed E-state index contributed by atoms with van der Waals surface area (Å²) in [6.07, 6.45) is 2.67. The SMILES string of the molecule is O=C(CO[C@H]1CCOC1)N[C@@H]1CCCOc2c1ccc1ccccc21. The lowest BCUT2D eigenvalue weighted by Crippen LogP contribution is -2.33. The third kappa shape index (κ3) is 3.62. The lowest BCUT2D eigenvalue weighted by molar-refractivity contribution is -0.128. The third-order valence-corrected chi connectivity index (χ3v) is 4.84. The quantitative estimate of drug-likeness (QED) is 0.929. The molecule has 2 aliphatic heterocycles. The monoisotopic (exact) mass is 341 g/mol. The lowest BCUT2D eigenvalue weighted by Gasteiger charge is -2.20. The molecule has 132 valence electrons. The molecule has 5 heteroatoms. The van der Waals surface area contributed by atoms with Gasteiger partial charge in [-0.15, -0.1) is 0 Å². The van der Waals surface area contributed by atoms with Gasteiger partial charge in [0.1, 0.15) is 12.4 Å². The van der Waals surface area contributed by atoms with Crippen LogP contribution in [0.4, 0.5) is 0 Å². The zero-order chi connectivity index (χ0) is 17.1. The molecule has 2 aromatic rings. The van der Waals surface area contributed by atoms with E-state index in [2.05, 4.69) is 29.6 Å². The van der Waals surface area contributed by atoms with Crippen molar-refractivity contribution < 1.29 is 19.0 Å². The van der Waals surface area contributed by atoms with E-state index in [0.717, 1.165) is 41.3 Å². The van der Waals surface area contributed by atoms with E-state index < -0.39 is 0 Å². The minimum atomic E-state index is -0.0853. The van der Waals surface area contributed by atoms with Gasteiger partial charge in [0.15, 0.2) is 0 Å². The molecular formula is C20H23NO4. The molecule has 1 fully saturated rings. The van der Waals surface area contributed by atoms with Crippen molar-refractivity contribution in [2.75, 3.05) is 26.4 Å². The predicted octanol–water partition coefficient (Wildman–Crippen LogP) is 2.98. The van der Waals surface area contributed by atoms with Crippen LogP contribution in [0.1, 0.15) is 30.9 Å². The highest BCUT2D eigenvalue weighted by Gasteiger charge is 2.24. The Kier molecular flexibility index (Phi) is 4.85. The highest BCUT2D eigenvalue weighted by atomic mass is 16.5.